The van der Waals surface area contributed by atoms with Gasteiger partial charge in [0.25, 0.3) is 0 Å². The molecule has 0 aliphatic rings. The number of aliphatic carboxylic acids is 1. The fourth-order valence-electron chi connectivity index (χ4n) is 2.01. The molecule has 2 aromatic rings. The molecule has 6 nitrogen and oxygen atoms in total. The van der Waals surface area contributed by atoms with Crippen molar-refractivity contribution in [1.29, 1.82) is 0 Å². The van der Waals surface area contributed by atoms with Crippen LogP contribution in [0.3, 0.4) is 0 Å². The van der Waals surface area contributed by atoms with E-state index >= 15 is 0 Å². The Morgan fingerprint density at radius 2 is 2.32 bits per heavy atom. The highest BCUT2D eigenvalue weighted by Gasteiger charge is 2.12. The summed E-state index contributed by atoms with van der Waals surface area (Å²) >= 11 is 0. The molecular formula is C13H17N3O3. The van der Waals surface area contributed by atoms with Crippen molar-refractivity contribution >= 4 is 22.8 Å². The van der Waals surface area contributed by atoms with Crippen LogP contribution >= 0.6 is 0 Å². The highest BCUT2D eigenvalue weighted by molar-refractivity contribution is 5.77. The fraction of sp³-hybridized carbons (Fsp3) is 0.385. The molecule has 1 atom stereocenters. The molecule has 1 aromatic carbocycles. The average molecular weight is 263 g/mol. The molecule has 2 rings (SSSR count). The number of oxazole rings is 1. The maximum atomic E-state index is 10.6. The molecule has 102 valence electrons. The lowest BCUT2D eigenvalue weighted by Crippen LogP contribution is -2.36. The Morgan fingerprint density at radius 3 is 3.00 bits per heavy atom. The van der Waals surface area contributed by atoms with Gasteiger partial charge in [-0.3, -0.25) is 4.79 Å². The standard InChI is InChI=1S/C13H17N3O3/c1-8-15-11-6-10(3-4-12(11)19-8)16(2)7-9(14)5-13(17)18/h3-4,6,9H,5,7,14H2,1-2H3,(H,17,18). The van der Waals surface area contributed by atoms with E-state index in [0.717, 1.165) is 16.8 Å². The predicted octanol–water partition coefficient (Wildman–Crippen LogP) is 1.37. The van der Waals surface area contributed by atoms with E-state index in [2.05, 4.69) is 4.98 Å². The number of benzene rings is 1. The quantitative estimate of drug-likeness (QED) is 0.846. The van der Waals surface area contributed by atoms with E-state index in [1.165, 1.54) is 0 Å². The maximum absolute atomic E-state index is 10.6. The molecule has 0 aliphatic carbocycles. The number of carboxylic acids is 1. The van der Waals surface area contributed by atoms with Gasteiger partial charge in [-0.25, -0.2) is 4.98 Å². The summed E-state index contributed by atoms with van der Waals surface area (Å²) in [6, 6.07) is 5.25. The number of likely N-dealkylation sites (N-methyl/N-ethyl adjacent to an activating group) is 1. The third kappa shape index (κ3) is 3.23. The SMILES string of the molecule is Cc1nc2cc(N(C)CC(N)CC(=O)O)ccc2o1. The van der Waals surface area contributed by atoms with Crippen molar-refractivity contribution in [1.82, 2.24) is 4.98 Å². The van der Waals surface area contributed by atoms with Crippen LogP contribution in [0.1, 0.15) is 12.3 Å². The smallest absolute Gasteiger partial charge is 0.304 e. The topological polar surface area (TPSA) is 92.6 Å². The third-order valence-electron chi connectivity index (χ3n) is 2.86. The molecule has 0 saturated heterocycles. The van der Waals surface area contributed by atoms with Crippen molar-refractivity contribution in [2.45, 2.75) is 19.4 Å². The van der Waals surface area contributed by atoms with E-state index in [0.29, 0.717) is 12.4 Å². The van der Waals surface area contributed by atoms with Crippen molar-refractivity contribution in [3.8, 4) is 0 Å². The summed E-state index contributed by atoms with van der Waals surface area (Å²) in [5, 5.41) is 8.69. The molecule has 19 heavy (non-hydrogen) atoms. The van der Waals surface area contributed by atoms with Crippen LogP contribution in [0.2, 0.25) is 0 Å². The van der Waals surface area contributed by atoms with Gasteiger partial charge in [0.2, 0.25) is 0 Å². The van der Waals surface area contributed by atoms with Crippen LogP contribution < -0.4 is 10.6 Å². The lowest BCUT2D eigenvalue weighted by molar-refractivity contribution is -0.137. The number of rotatable bonds is 5. The van der Waals surface area contributed by atoms with Crippen LogP contribution in [0.4, 0.5) is 5.69 Å². The van der Waals surface area contributed by atoms with Crippen molar-refractivity contribution in [2.24, 2.45) is 5.73 Å². The van der Waals surface area contributed by atoms with Crippen molar-refractivity contribution in [3.63, 3.8) is 0 Å². The fourth-order valence-corrected chi connectivity index (χ4v) is 2.01. The third-order valence-corrected chi connectivity index (χ3v) is 2.86. The first-order chi connectivity index (χ1) is 8.95. The Morgan fingerprint density at radius 1 is 1.58 bits per heavy atom. The number of hydrogen-bond acceptors (Lipinski definition) is 5. The lowest BCUT2D eigenvalue weighted by Gasteiger charge is -2.22. The second-order valence-corrected chi connectivity index (χ2v) is 4.62. The van der Waals surface area contributed by atoms with Gasteiger partial charge in [-0.1, -0.05) is 0 Å². The van der Waals surface area contributed by atoms with Gasteiger partial charge in [-0.05, 0) is 18.2 Å². The van der Waals surface area contributed by atoms with E-state index in [-0.39, 0.29) is 6.42 Å². The molecule has 0 amide bonds. The number of anilines is 1. The molecule has 1 unspecified atom stereocenters. The van der Waals surface area contributed by atoms with Crippen LogP contribution in [0, 0.1) is 6.92 Å². The molecule has 6 heteroatoms. The summed E-state index contributed by atoms with van der Waals surface area (Å²) < 4.78 is 5.40. The number of carbonyl (C=O) groups is 1. The zero-order chi connectivity index (χ0) is 14.0. The Bertz CT molecular complexity index is 594. The summed E-state index contributed by atoms with van der Waals surface area (Å²) in [5.74, 6) is -0.263. The molecule has 0 spiro atoms. The van der Waals surface area contributed by atoms with Gasteiger partial charge in [-0.15, -0.1) is 0 Å². The summed E-state index contributed by atoms with van der Waals surface area (Å²) in [6.07, 6.45) is -0.0460. The molecule has 0 bridgehead atoms. The van der Waals surface area contributed by atoms with Gasteiger partial charge in [0.15, 0.2) is 11.5 Å². The number of fused-ring (bicyclic) bond motifs is 1. The van der Waals surface area contributed by atoms with Gasteiger partial charge >= 0.3 is 5.97 Å². The van der Waals surface area contributed by atoms with E-state index in [4.69, 9.17) is 15.3 Å². The van der Waals surface area contributed by atoms with Gasteiger partial charge in [0.1, 0.15) is 5.52 Å². The first-order valence-corrected chi connectivity index (χ1v) is 6.01. The Labute approximate surface area is 110 Å². The number of hydrogen-bond donors (Lipinski definition) is 2. The van der Waals surface area contributed by atoms with Crippen LogP contribution in [0.25, 0.3) is 11.1 Å². The summed E-state index contributed by atoms with van der Waals surface area (Å²) in [5.41, 5.74) is 8.23. The van der Waals surface area contributed by atoms with Crippen LogP contribution in [0.5, 0.6) is 0 Å². The Balaban J connectivity index is 2.12. The zero-order valence-electron chi connectivity index (χ0n) is 11.0. The number of nitrogens with zero attached hydrogens (tertiary/aromatic N) is 2. The maximum Gasteiger partial charge on any atom is 0.304 e. The van der Waals surface area contributed by atoms with E-state index in [1.54, 1.807) is 6.92 Å². The minimum Gasteiger partial charge on any atom is -0.481 e. The highest BCUT2D eigenvalue weighted by atomic mass is 16.4. The van der Waals surface area contributed by atoms with Crippen molar-refractivity contribution < 1.29 is 14.3 Å². The first kappa shape index (κ1) is 13.4. The molecule has 0 aliphatic heterocycles. The predicted molar refractivity (Wildman–Crippen MR) is 72.2 cm³/mol. The van der Waals surface area contributed by atoms with E-state index in [1.807, 2.05) is 30.1 Å². The Kier molecular flexibility index (Phi) is 3.71. The molecule has 0 saturated carbocycles. The van der Waals surface area contributed by atoms with Gasteiger partial charge < -0.3 is 20.2 Å². The van der Waals surface area contributed by atoms with E-state index < -0.39 is 12.0 Å². The minimum absolute atomic E-state index is 0.0460. The van der Waals surface area contributed by atoms with Gasteiger partial charge in [0, 0.05) is 32.2 Å². The molecule has 0 radical (unpaired) electrons. The van der Waals surface area contributed by atoms with Gasteiger partial charge in [-0.2, -0.15) is 0 Å². The van der Waals surface area contributed by atoms with Crippen LogP contribution in [-0.2, 0) is 4.79 Å². The molecular weight excluding hydrogens is 246 g/mol. The normalized spacial score (nSPS) is 12.6. The summed E-state index contributed by atoms with van der Waals surface area (Å²) in [4.78, 5) is 16.8. The van der Waals surface area contributed by atoms with Crippen LogP contribution in [0.15, 0.2) is 22.6 Å². The molecule has 1 aromatic heterocycles. The second-order valence-electron chi connectivity index (χ2n) is 4.62. The van der Waals surface area contributed by atoms with E-state index in [9.17, 15) is 4.79 Å². The Hall–Kier alpha value is -2.08. The molecule has 1 heterocycles. The first-order valence-electron chi connectivity index (χ1n) is 6.01. The second kappa shape index (κ2) is 5.27. The van der Waals surface area contributed by atoms with Crippen molar-refractivity contribution in [3.05, 3.63) is 24.1 Å². The molecule has 0 fully saturated rings. The monoisotopic (exact) mass is 263 g/mol. The highest BCUT2D eigenvalue weighted by Crippen LogP contribution is 2.22. The zero-order valence-corrected chi connectivity index (χ0v) is 11.0. The summed E-state index contributed by atoms with van der Waals surface area (Å²) in [7, 11) is 1.87. The summed E-state index contributed by atoms with van der Waals surface area (Å²) in [6.45, 7) is 2.26. The van der Waals surface area contributed by atoms with Gasteiger partial charge in [0.05, 0.1) is 6.42 Å². The number of aromatic nitrogens is 1. The average Bonchev–Trinajstić information content (AvgIpc) is 2.66. The number of aryl methyl sites for hydroxylation is 1. The minimum atomic E-state index is -0.886. The number of nitrogens with two attached hydrogens (primary N) is 1. The largest absolute Gasteiger partial charge is 0.481 e. The van der Waals surface area contributed by atoms with Crippen molar-refractivity contribution in [2.75, 3.05) is 18.5 Å². The molecule has 3 N–H and O–H groups in total. The number of carboxylic acid groups (broad SMARTS) is 1. The van der Waals surface area contributed by atoms with Crippen LogP contribution in [-0.4, -0.2) is 35.7 Å². The lowest BCUT2D eigenvalue weighted by atomic mass is 10.2.